The summed E-state index contributed by atoms with van der Waals surface area (Å²) in [6.07, 6.45) is 3.90. The van der Waals surface area contributed by atoms with Gasteiger partial charge in [0.05, 0.1) is 23.2 Å². The van der Waals surface area contributed by atoms with Crippen molar-refractivity contribution in [3.8, 4) is 17.6 Å². The van der Waals surface area contributed by atoms with E-state index in [0.717, 1.165) is 24.1 Å². The van der Waals surface area contributed by atoms with Crippen LogP contribution in [0.15, 0.2) is 16.6 Å². The number of benzene rings is 1. The van der Waals surface area contributed by atoms with Crippen molar-refractivity contribution in [1.82, 2.24) is 4.90 Å². The van der Waals surface area contributed by atoms with Crippen LogP contribution in [0.1, 0.15) is 24.8 Å². The first-order chi connectivity index (χ1) is 9.74. The van der Waals surface area contributed by atoms with Gasteiger partial charge in [-0.25, -0.2) is 0 Å². The van der Waals surface area contributed by atoms with Gasteiger partial charge in [-0.15, -0.1) is 0 Å². The Bertz CT molecular complexity index is 493. The zero-order chi connectivity index (χ0) is 14.4. The lowest BCUT2D eigenvalue weighted by atomic mass is 10.1. The van der Waals surface area contributed by atoms with Crippen LogP contribution < -0.4 is 9.47 Å². The molecule has 0 bridgehead atoms. The van der Waals surface area contributed by atoms with Gasteiger partial charge in [-0.2, -0.15) is 5.26 Å². The van der Waals surface area contributed by atoms with Crippen LogP contribution in [0.4, 0.5) is 0 Å². The molecule has 1 aromatic carbocycles. The van der Waals surface area contributed by atoms with Gasteiger partial charge >= 0.3 is 0 Å². The Morgan fingerprint density at radius 1 is 1.30 bits per heavy atom. The van der Waals surface area contributed by atoms with Crippen LogP contribution in [-0.2, 0) is 0 Å². The highest BCUT2D eigenvalue weighted by atomic mass is 79.9. The number of hydrogen-bond donors (Lipinski definition) is 0. The van der Waals surface area contributed by atoms with E-state index in [1.807, 2.05) is 0 Å². The summed E-state index contributed by atoms with van der Waals surface area (Å²) in [5.41, 5.74) is 0.553. The smallest absolute Gasteiger partial charge is 0.175 e. The fourth-order valence-corrected chi connectivity index (χ4v) is 2.94. The van der Waals surface area contributed by atoms with Crippen LogP contribution in [-0.4, -0.2) is 38.3 Å². The van der Waals surface area contributed by atoms with Crippen LogP contribution in [0.5, 0.6) is 11.5 Å². The third kappa shape index (κ3) is 3.87. The average molecular weight is 339 g/mol. The lowest BCUT2D eigenvalue weighted by Gasteiger charge is -2.26. The van der Waals surface area contributed by atoms with Gasteiger partial charge in [-0.05, 0) is 47.9 Å². The maximum absolute atomic E-state index is 8.95. The molecule has 0 radical (unpaired) electrons. The van der Waals surface area contributed by atoms with Crippen molar-refractivity contribution in [2.24, 2.45) is 0 Å². The maximum atomic E-state index is 8.95. The SMILES string of the molecule is COc1cc(C#N)cc(Br)c1OCCN1CCCCC1. The molecule has 1 aliphatic rings. The molecule has 5 heteroatoms. The predicted octanol–water partition coefficient (Wildman–Crippen LogP) is 3.19. The van der Waals surface area contributed by atoms with Crippen LogP contribution in [0.3, 0.4) is 0 Å². The van der Waals surface area contributed by atoms with Crippen molar-refractivity contribution in [3.63, 3.8) is 0 Å². The first kappa shape index (κ1) is 15.1. The molecule has 1 saturated heterocycles. The normalized spacial score (nSPS) is 15.7. The molecule has 0 amide bonds. The molecule has 1 fully saturated rings. The minimum absolute atomic E-state index is 0.553. The van der Waals surface area contributed by atoms with E-state index in [4.69, 9.17) is 14.7 Å². The minimum Gasteiger partial charge on any atom is -0.493 e. The number of ether oxygens (including phenoxy) is 2. The number of piperidine rings is 1. The Labute approximate surface area is 128 Å². The summed E-state index contributed by atoms with van der Waals surface area (Å²) in [6.45, 7) is 3.88. The van der Waals surface area contributed by atoms with Gasteiger partial charge in [0.1, 0.15) is 6.61 Å². The maximum Gasteiger partial charge on any atom is 0.175 e. The quantitative estimate of drug-likeness (QED) is 0.827. The van der Waals surface area contributed by atoms with Gasteiger partial charge in [0.25, 0.3) is 0 Å². The highest BCUT2D eigenvalue weighted by molar-refractivity contribution is 9.10. The largest absolute Gasteiger partial charge is 0.493 e. The summed E-state index contributed by atoms with van der Waals surface area (Å²) in [5.74, 6) is 1.26. The Kier molecular flexibility index (Phi) is 5.69. The summed E-state index contributed by atoms with van der Waals surface area (Å²) in [5, 5.41) is 8.95. The molecule has 0 saturated carbocycles. The molecule has 0 aromatic heterocycles. The van der Waals surface area contributed by atoms with Crippen molar-refractivity contribution >= 4 is 15.9 Å². The molecule has 108 valence electrons. The molecule has 1 aromatic rings. The van der Waals surface area contributed by atoms with Crippen LogP contribution in [0, 0.1) is 11.3 Å². The second kappa shape index (κ2) is 7.51. The molecule has 0 aliphatic carbocycles. The Morgan fingerprint density at radius 2 is 2.05 bits per heavy atom. The van der Waals surface area contributed by atoms with Gasteiger partial charge in [-0.1, -0.05) is 6.42 Å². The molecule has 0 spiro atoms. The van der Waals surface area contributed by atoms with E-state index in [-0.39, 0.29) is 0 Å². The standard InChI is InChI=1S/C15H19BrN2O2/c1-19-14-10-12(11-17)9-13(16)15(14)20-8-7-18-5-3-2-4-6-18/h9-10H,2-8H2,1H3. The number of rotatable bonds is 5. The summed E-state index contributed by atoms with van der Waals surface area (Å²) in [7, 11) is 1.58. The number of methoxy groups -OCH3 is 1. The summed E-state index contributed by atoms with van der Waals surface area (Å²) in [6, 6.07) is 5.55. The fraction of sp³-hybridized carbons (Fsp3) is 0.533. The highest BCUT2D eigenvalue weighted by Gasteiger charge is 2.13. The molecule has 0 unspecified atom stereocenters. The van der Waals surface area contributed by atoms with Crippen LogP contribution in [0.25, 0.3) is 0 Å². The summed E-state index contributed by atoms with van der Waals surface area (Å²) >= 11 is 3.44. The minimum atomic E-state index is 0.553. The molecular formula is C15H19BrN2O2. The molecule has 1 heterocycles. The van der Waals surface area contributed by atoms with Gasteiger partial charge in [-0.3, -0.25) is 4.90 Å². The van der Waals surface area contributed by atoms with E-state index < -0.39 is 0 Å². The zero-order valence-corrected chi connectivity index (χ0v) is 13.3. The number of hydrogen-bond acceptors (Lipinski definition) is 4. The van der Waals surface area contributed by atoms with Crippen molar-refractivity contribution in [2.75, 3.05) is 33.4 Å². The third-order valence-electron chi connectivity index (χ3n) is 3.46. The zero-order valence-electron chi connectivity index (χ0n) is 11.7. The first-order valence-electron chi connectivity index (χ1n) is 6.87. The summed E-state index contributed by atoms with van der Waals surface area (Å²) in [4.78, 5) is 2.42. The van der Waals surface area contributed by atoms with E-state index in [2.05, 4.69) is 26.9 Å². The lowest BCUT2D eigenvalue weighted by Crippen LogP contribution is -2.33. The van der Waals surface area contributed by atoms with Gasteiger partial charge in [0.15, 0.2) is 11.5 Å². The van der Waals surface area contributed by atoms with E-state index >= 15 is 0 Å². The molecular weight excluding hydrogens is 320 g/mol. The van der Waals surface area contributed by atoms with Crippen molar-refractivity contribution in [3.05, 3.63) is 22.2 Å². The first-order valence-corrected chi connectivity index (χ1v) is 7.66. The van der Waals surface area contributed by atoms with Crippen molar-refractivity contribution < 1.29 is 9.47 Å². The molecule has 20 heavy (non-hydrogen) atoms. The monoisotopic (exact) mass is 338 g/mol. The van der Waals surface area contributed by atoms with Crippen molar-refractivity contribution in [1.29, 1.82) is 5.26 Å². The Hall–Kier alpha value is -1.25. The van der Waals surface area contributed by atoms with Gasteiger partial charge in [0, 0.05) is 12.6 Å². The van der Waals surface area contributed by atoms with E-state index in [1.165, 1.54) is 19.3 Å². The van der Waals surface area contributed by atoms with Gasteiger partial charge < -0.3 is 9.47 Å². The average Bonchev–Trinajstić information content (AvgIpc) is 2.49. The third-order valence-corrected chi connectivity index (χ3v) is 4.05. The Morgan fingerprint density at radius 3 is 2.70 bits per heavy atom. The molecule has 2 rings (SSSR count). The van der Waals surface area contributed by atoms with Crippen LogP contribution >= 0.6 is 15.9 Å². The fourth-order valence-electron chi connectivity index (χ4n) is 2.38. The molecule has 0 N–H and O–H groups in total. The van der Waals surface area contributed by atoms with E-state index in [0.29, 0.717) is 23.7 Å². The number of halogens is 1. The van der Waals surface area contributed by atoms with Crippen LogP contribution in [0.2, 0.25) is 0 Å². The Balaban J connectivity index is 1.96. The highest BCUT2D eigenvalue weighted by Crippen LogP contribution is 2.36. The molecule has 4 nitrogen and oxygen atoms in total. The predicted molar refractivity (Wildman–Crippen MR) is 81.2 cm³/mol. The molecule has 1 aliphatic heterocycles. The summed E-state index contributed by atoms with van der Waals surface area (Å²) < 4.78 is 11.9. The second-order valence-corrected chi connectivity index (χ2v) is 5.71. The second-order valence-electron chi connectivity index (χ2n) is 4.85. The van der Waals surface area contributed by atoms with E-state index in [1.54, 1.807) is 19.2 Å². The van der Waals surface area contributed by atoms with E-state index in [9.17, 15) is 0 Å². The lowest BCUT2D eigenvalue weighted by molar-refractivity contribution is 0.180. The topological polar surface area (TPSA) is 45.5 Å². The van der Waals surface area contributed by atoms with Gasteiger partial charge in [0.2, 0.25) is 0 Å². The number of nitriles is 1. The number of likely N-dealkylation sites (tertiary alicyclic amines) is 1. The number of nitrogens with zero attached hydrogens (tertiary/aromatic N) is 2. The van der Waals surface area contributed by atoms with Crippen molar-refractivity contribution in [2.45, 2.75) is 19.3 Å². The molecule has 0 atom stereocenters.